The zero-order chi connectivity index (χ0) is 18.7. The summed E-state index contributed by atoms with van der Waals surface area (Å²) in [4.78, 5) is 20.8. The van der Waals surface area contributed by atoms with Crippen molar-refractivity contribution in [3.63, 3.8) is 0 Å². The van der Waals surface area contributed by atoms with Gasteiger partial charge in [0, 0.05) is 44.0 Å². The van der Waals surface area contributed by atoms with Crippen LogP contribution >= 0.6 is 23.7 Å². The van der Waals surface area contributed by atoms with Crippen molar-refractivity contribution in [2.24, 2.45) is 12.5 Å². The average Bonchev–Trinajstić information content (AvgIpc) is 3.24. The zero-order valence-corrected chi connectivity index (χ0v) is 18.1. The highest BCUT2D eigenvalue weighted by molar-refractivity contribution is 7.10. The number of hydrogen-bond donors (Lipinski definition) is 2. The van der Waals surface area contributed by atoms with Crippen molar-refractivity contribution in [2.45, 2.75) is 32.9 Å². The fourth-order valence-electron chi connectivity index (χ4n) is 3.45. The number of nitrogens with zero attached hydrogens (tertiary/aromatic N) is 3. The van der Waals surface area contributed by atoms with E-state index in [9.17, 15) is 4.79 Å². The van der Waals surface area contributed by atoms with Crippen molar-refractivity contribution >= 4 is 29.7 Å². The highest BCUT2D eigenvalue weighted by Gasteiger charge is 2.32. The van der Waals surface area contributed by atoms with Crippen molar-refractivity contribution in [1.29, 1.82) is 0 Å². The van der Waals surface area contributed by atoms with Crippen LogP contribution < -0.4 is 10.6 Å². The lowest BCUT2D eigenvalue weighted by Crippen LogP contribution is -2.51. The van der Waals surface area contributed by atoms with Crippen LogP contribution in [0.15, 0.2) is 29.9 Å². The van der Waals surface area contributed by atoms with E-state index in [2.05, 4.69) is 52.7 Å². The summed E-state index contributed by atoms with van der Waals surface area (Å²) in [6.07, 6.45) is 3.77. The van der Waals surface area contributed by atoms with Gasteiger partial charge in [-0.3, -0.25) is 9.69 Å². The second-order valence-corrected chi connectivity index (χ2v) is 8.95. The number of carbonyl (C=O) groups is 1. The van der Waals surface area contributed by atoms with Crippen molar-refractivity contribution in [3.05, 3.63) is 40.6 Å². The lowest BCUT2D eigenvalue weighted by Gasteiger charge is -2.36. The zero-order valence-electron chi connectivity index (χ0n) is 16.4. The van der Waals surface area contributed by atoms with Gasteiger partial charge < -0.3 is 15.2 Å². The Morgan fingerprint density at radius 1 is 1.48 bits per heavy atom. The largest absolute Gasteiger partial charge is 0.347 e. The Morgan fingerprint density at radius 2 is 2.26 bits per heavy atom. The molecule has 1 aliphatic rings. The lowest BCUT2D eigenvalue weighted by atomic mass is 9.85. The maximum atomic E-state index is 12.9. The number of imidazole rings is 1. The normalized spacial score (nSPS) is 19.3. The first-order chi connectivity index (χ1) is 12.4. The topological polar surface area (TPSA) is 62.2 Å². The molecule has 1 amide bonds. The Labute approximate surface area is 171 Å². The van der Waals surface area contributed by atoms with Gasteiger partial charge in [0.2, 0.25) is 5.91 Å². The summed E-state index contributed by atoms with van der Waals surface area (Å²) in [5, 5.41) is 8.75. The molecule has 1 saturated heterocycles. The van der Waals surface area contributed by atoms with E-state index in [0.717, 1.165) is 25.5 Å². The molecule has 0 saturated carbocycles. The third kappa shape index (κ3) is 5.31. The van der Waals surface area contributed by atoms with Crippen LogP contribution in [0.2, 0.25) is 0 Å². The summed E-state index contributed by atoms with van der Waals surface area (Å²) < 4.78 is 2.03. The minimum atomic E-state index is -0.0386. The number of aryl methyl sites for hydroxylation is 1. The molecule has 2 unspecified atom stereocenters. The van der Waals surface area contributed by atoms with E-state index in [4.69, 9.17) is 0 Å². The summed E-state index contributed by atoms with van der Waals surface area (Å²) >= 11 is 1.69. The number of amides is 1. The number of rotatable bonds is 5. The van der Waals surface area contributed by atoms with Crippen LogP contribution in [0.5, 0.6) is 0 Å². The fourth-order valence-corrected chi connectivity index (χ4v) is 4.47. The number of piperazine rings is 1. The number of thiophene rings is 1. The number of hydrogen-bond acceptors (Lipinski definition) is 5. The molecule has 8 heteroatoms. The predicted octanol–water partition coefficient (Wildman–Crippen LogP) is 2.75. The minimum Gasteiger partial charge on any atom is -0.347 e. The number of carbonyl (C=O) groups excluding carboxylic acids is 1. The summed E-state index contributed by atoms with van der Waals surface area (Å²) in [5.74, 6) is 1.06. The van der Waals surface area contributed by atoms with Gasteiger partial charge in [0.15, 0.2) is 0 Å². The van der Waals surface area contributed by atoms with Crippen LogP contribution in [0.4, 0.5) is 0 Å². The molecule has 2 N–H and O–H groups in total. The third-order valence-corrected chi connectivity index (χ3v) is 5.79. The van der Waals surface area contributed by atoms with Crippen LogP contribution in [-0.4, -0.2) is 46.5 Å². The molecule has 0 radical (unpaired) electrons. The average molecular weight is 412 g/mol. The Hall–Kier alpha value is -1.41. The molecule has 2 aromatic rings. The summed E-state index contributed by atoms with van der Waals surface area (Å²) in [7, 11) is 2.00. The molecule has 0 aliphatic carbocycles. The molecule has 3 heterocycles. The Balaban J connectivity index is 0.00000261. The van der Waals surface area contributed by atoms with E-state index in [1.807, 2.05) is 30.1 Å². The molecule has 3 rings (SSSR count). The van der Waals surface area contributed by atoms with Crippen LogP contribution in [-0.2, 0) is 11.8 Å². The standard InChI is InChI=1S/C19H29N5OS.ClH/c1-19(2,3)17(15-6-5-11-26-15)22-16(25)13-24-10-7-20-12-14(24)18-21-8-9-23(18)4;/h5-6,8-9,11,14,17,20H,7,10,12-13H2,1-4H3,(H,22,25);1H. The molecule has 27 heavy (non-hydrogen) atoms. The molecule has 1 aliphatic heterocycles. The van der Waals surface area contributed by atoms with Gasteiger partial charge in [0.1, 0.15) is 5.82 Å². The van der Waals surface area contributed by atoms with Gasteiger partial charge in [-0.25, -0.2) is 4.98 Å². The van der Waals surface area contributed by atoms with Gasteiger partial charge in [-0.05, 0) is 16.9 Å². The van der Waals surface area contributed by atoms with Crippen LogP contribution in [0.25, 0.3) is 0 Å². The number of aromatic nitrogens is 2. The molecule has 1 fully saturated rings. The molecular weight excluding hydrogens is 382 g/mol. The van der Waals surface area contributed by atoms with Gasteiger partial charge in [0.25, 0.3) is 0 Å². The first-order valence-corrected chi connectivity index (χ1v) is 9.99. The molecule has 0 bridgehead atoms. The molecule has 2 aromatic heterocycles. The van der Waals surface area contributed by atoms with Crippen molar-refractivity contribution in [3.8, 4) is 0 Å². The Morgan fingerprint density at radius 3 is 2.85 bits per heavy atom. The fraction of sp³-hybridized carbons (Fsp3) is 0.579. The van der Waals surface area contributed by atoms with Crippen LogP contribution in [0.1, 0.15) is 43.6 Å². The Bertz CT molecular complexity index is 725. The highest BCUT2D eigenvalue weighted by Crippen LogP contribution is 2.35. The number of halogens is 1. The van der Waals surface area contributed by atoms with E-state index < -0.39 is 0 Å². The highest BCUT2D eigenvalue weighted by atomic mass is 35.5. The molecule has 6 nitrogen and oxygen atoms in total. The SMILES string of the molecule is Cl.Cn1ccnc1C1CNCCN1CC(=O)NC(c1cccs1)C(C)(C)C. The van der Waals surface area contributed by atoms with E-state index >= 15 is 0 Å². The van der Waals surface area contributed by atoms with E-state index in [-0.39, 0.29) is 35.8 Å². The Kier molecular flexibility index (Phi) is 7.45. The second-order valence-electron chi connectivity index (χ2n) is 7.97. The van der Waals surface area contributed by atoms with Crippen molar-refractivity contribution in [2.75, 3.05) is 26.2 Å². The third-order valence-electron chi connectivity index (χ3n) is 4.86. The number of nitrogens with one attached hydrogen (secondary N) is 2. The van der Waals surface area contributed by atoms with Crippen molar-refractivity contribution in [1.82, 2.24) is 25.1 Å². The maximum absolute atomic E-state index is 12.9. The summed E-state index contributed by atoms with van der Waals surface area (Å²) in [5.41, 5.74) is -0.0386. The van der Waals surface area contributed by atoms with Gasteiger partial charge in [-0.15, -0.1) is 23.7 Å². The van der Waals surface area contributed by atoms with Gasteiger partial charge >= 0.3 is 0 Å². The molecule has 0 aromatic carbocycles. The molecule has 150 valence electrons. The summed E-state index contributed by atoms with van der Waals surface area (Å²) in [6.45, 7) is 9.42. The predicted molar refractivity (Wildman–Crippen MR) is 112 cm³/mol. The van der Waals surface area contributed by atoms with Gasteiger partial charge in [-0.1, -0.05) is 26.8 Å². The maximum Gasteiger partial charge on any atom is 0.234 e. The van der Waals surface area contributed by atoms with Crippen LogP contribution in [0, 0.1) is 5.41 Å². The van der Waals surface area contributed by atoms with E-state index in [0.29, 0.717) is 6.54 Å². The van der Waals surface area contributed by atoms with Gasteiger partial charge in [-0.2, -0.15) is 0 Å². The second kappa shape index (κ2) is 9.19. The van der Waals surface area contributed by atoms with Crippen molar-refractivity contribution < 1.29 is 4.79 Å². The van der Waals surface area contributed by atoms with Gasteiger partial charge in [0.05, 0.1) is 18.6 Å². The van der Waals surface area contributed by atoms with Crippen LogP contribution in [0.3, 0.4) is 0 Å². The minimum absolute atomic E-state index is 0. The molecule has 0 spiro atoms. The first kappa shape index (κ1) is 21.9. The summed E-state index contributed by atoms with van der Waals surface area (Å²) in [6, 6.07) is 4.27. The molecular formula is C19H30ClN5OS. The lowest BCUT2D eigenvalue weighted by molar-refractivity contribution is -0.124. The van der Waals surface area contributed by atoms with E-state index in [1.165, 1.54) is 4.88 Å². The quantitative estimate of drug-likeness (QED) is 0.794. The molecule has 2 atom stereocenters. The smallest absolute Gasteiger partial charge is 0.234 e. The van der Waals surface area contributed by atoms with E-state index in [1.54, 1.807) is 11.3 Å². The first-order valence-electron chi connectivity index (χ1n) is 9.11. The monoisotopic (exact) mass is 411 g/mol.